The molecule has 0 aromatic carbocycles. The molecular formula is C14H16N4O3+2. The van der Waals surface area contributed by atoms with E-state index in [0.29, 0.717) is 11.3 Å². The molecule has 0 saturated heterocycles. The van der Waals surface area contributed by atoms with Crippen LogP contribution < -0.4 is 14.9 Å². The first-order valence-corrected chi connectivity index (χ1v) is 6.15. The van der Waals surface area contributed by atoms with Crippen LogP contribution in [-0.4, -0.2) is 17.3 Å². The number of pyridine rings is 2. The third-order valence-corrected chi connectivity index (χ3v) is 2.73. The zero-order valence-electron chi connectivity index (χ0n) is 12.2. The molecule has 0 aliphatic carbocycles. The highest BCUT2D eigenvalue weighted by atomic mass is 16.5. The van der Waals surface area contributed by atoms with Crippen molar-refractivity contribution in [2.75, 3.05) is 0 Å². The van der Waals surface area contributed by atoms with Crippen molar-refractivity contribution in [3.8, 4) is 0 Å². The van der Waals surface area contributed by atoms with Crippen molar-refractivity contribution in [1.29, 1.82) is 0 Å². The number of carbonyl (C=O) groups is 1. The minimum atomic E-state index is -0.486. The lowest BCUT2D eigenvalue weighted by Gasteiger charge is -2.00. The highest BCUT2D eigenvalue weighted by Gasteiger charge is 2.09. The van der Waals surface area contributed by atoms with Crippen LogP contribution in [0.2, 0.25) is 0 Å². The minimum absolute atomic E-state index is 0.117. The number of nitrogens with two attached hydrogens (primary N) is 1. The van der Waals surface area contributed by atoms with Crippen molar-refractivity contribution in [3.05, 3.63) is 60.2 Å². The summed E-state index contributed by atoms with van der Waals surface area (Å²) in [6.45, 7) is 0.349. The summed E-state index contributed by atoms with van der Waals surface area (Å²) in [4.78, 5) is 11.0. The van der Waals surface area contributed by atoms with Gasteiger partial charge in [-0.1, -0.05) is 5.16 Å². The number of carbonyl (C=O) groups excluding carboxylic acids is 1. The largest absolute Gasteiger partial charge is 0.411 e. The molecule has 3 N–H and O–H groups in total. The summed E-state index contributed by atoms with van der Waals surface area (Å²) in [6.07, 6.45) is 4.81. The van der Waals surface area contributed by atoms with Gasteiger partial charge in [-0.15, -0.1) is 0 Å². The molecule has 0 saturated carbocycles. The minimum Gasteiger partial charge on any atom is -0.411 e. The van der Waals surface area contributed by atoms with Crippen LogP contribution in [0.1, 0.15) is 17.4 Å². The van der Waals surface area contributed by atoms with Gasteiger partial charge in [-0.2, -0.15) is 9.13 Å². The molecule has 1 amide bonds. The van der Waals surface area contributed by atoms with Gasteiger partial charge in [0.1, 0.15) is 7.59 Å². The quantitative estimate of drug-likeness (QED) is 0.334. The summed E-state index contributed by atoms with van der Waals surface area (Å²) in [6, 6.07) is 8.19. The third-order valence-electron chi connectivity index (χ3n) is 2.73. The maximum Gasteiger partial charge on any atom is 0.258 e. The van der Waals surface area contributed by atoms with Gasteiger partial charge >= 0.3 is 0 Å². The predicted octanol–water partition coefficient (Wildman–Crippen LogP) is -0.200. The number of hydrogen-bond donors (Lipinski definition) is 2. The highest BCUT2D eigenvalue weighted by molar-refractivity contribution is 5.92. The number of primary amides is 1. The van der Waals surface area contributed by atoms with Crippen LogP contribution in [-0.2, 0) is 18.2 Å². The molecule has 0 spiro atoms. The monoisotopic (exact) mass is 290 g/mol. The molecule has 2 aromatic rings. The topological polar surface area (TPSA) is 92.7 Å². The second kappa shape index (κ2) is 7.11. The molecule has 108 valence electrons. The number of rotatable bonds is 6. The van der Waals surface area contributed by atoms with Crippen molar-refractivity contribution in [1.82, 2.24) is 0 Å². The molecule has 0 unspecified atom stereocenters. The zero-order valence-corrected chi connectivity index (χ0v) is 11.2. The van der Waals surface area contributed by atoms with Gasteiger partial charge in [-0.25, -0.2) is 0 Å². The van der Waals surface area contributed by atoms with Gasteiger partial charge in [0.25, 0.3) is 13.5 Å². The summed E-state index contributed by atoms with van der Waals surface area (Å²) in [7, 11) is 0. The number of nitrogens with zero attached hydrogens (tertiary/aromatic N) is 3. The Balaban J connectivity index is 2.00. The Labute approximate surface area is 122 Å². The Morgan fingerprint density at radius 3 is 2.81 bits per heavy atom. The smallest absolute Gasteiger partial charge is 0.258 e. The van der Waals surface area contributed by atoms with Crippen LogP contribution in [0.15, 0.2) is 54.1 Å². The Bertz CT molecular complexity index is 689. The van der Waals surface area contributed by atoms with Gasteiger partial charge in [0.15, 0.2) is 18.6 Å². The first-order chi connectivity index (χ1) is 10.6. The highest BCUT2D eigenvalue weighted by Crippen LogP contribution is 1.93. The first kappa shape index (κ1) is 13.2. The SMILES string of the molecule is [3H]c1cccc(/C=N\O)[n+]1COC[n+]1ccc(C(N)=O)cc1. The number of amides is 1. The number of ether oxygens (including phenoxy) is 1. The van der Waals surface area contributed by atoms with Gasteiger partial charge in [0.05, 0.1) is 5.56 Å². The van der Waals surface area contributed by atoms with Crippen molar-refractivity contribution in [2.45, 2.75) is 13.5 Å². The first-order valence-electron chi connectivity index (χ1n) is 6.65. The van der Waals surface area contributed by atoms with Crippen LogP contribution in [0, 0.1) is 0 Å². The molecule has 0 bridgehead atoms. The zero-order chi connectivity index (χ0) is 15.9. The molecule has 2 rings (SSSR count). The van der Waals surface area contributed by atoms with Gasteiger partial charge in [-0.05, 0) is 6.07 Å². The molecule has 7 nitrogen and oxygen atoms in total. The summed E-state index contributed by atoms with van der Waals surface area (Å²) < 4.78 is 16.6. The van der Waals surface area contributed by atoms with Crippen LogP contribution >= 0.6 is 0 Å². The molecule has 0 aliphatic heterocycles. The fourth-order valence-electron chi connectivity index (χ4n) is 1.67. The van der Waals surface area contributed by atoms with E-state index in [9.17, 15) is 4.79 Å². The molecule has 0 aliphatic rings. The fraction of sp³-hybridized carbons (Fsp3) is 0.143. The van der Waals surface area contributed by atoms with Crippen molar-refractivity contribution in [3.63, 3.8) is 0 Å². The van der Waals surface area contributed by atoms with Crippen molar-refractivity contribution in [2.24, 2.45) is 10.9 Å². The number of hydrogen-bond acceptors (Lipinski definition) is 4. The molecular weight excluding hydrogens is 272 g/mol. The maximum atomic E-state index is 11.0. The Morgan fingerprint density at radius 1 is 1.38 bits per heavy atom. The van der Waals surface area contributed by atoms with E-state index < -0.39 is 5.91 Å². The predicted molar refractivity (Wildman–Crippen MR) is 72.3 cm³/mol. The van der Waals surface area contributed by atoms with Crippen LogP contribution in [0.4, 0.5) is 0 Å². The summed E-state index contributed by atoms with van der Waals surface area (Å²) in [5.74, 6) is -0.486. The van der Waals surface area contributed by atoms with E-state index in [-0.39, 0.29) is 19.6 Å². The number of oxime groups is 1. The van der Waals surface area contributed by atoms with Crippen LogP contribution in [0.25, 0.3) is 0 Å². The maximum absolute atomic E-state index is 11.0. The summed E-state index contributed by atoms with van der Waals surface area (Å²) in [5, 5.41) is 11.6. The Morgan fingerprint density at radius 2 is 2.14 bits per heavy atom. The molecule has 7 heteroatoms. The van der Waals surface area contributed by atoms with Gasteiger partial charge in [-0.3, -0.25) is 9.53 Å². The molecule has 0 atom stereocenters. The van der Waals surface area contributed by atoms with Gasteiger partial charge in [0.2, 0.25) is 11.6 Å². The summed E-state index contributed by atoms with van der Waals surface area (Å²) in [5.41, 5.74) is 6.13. The lowest BCUT2D eigenvalue weighted by atomic mass is 10.2. The van der Waals surface area contributed by atoms with Crippen LogP contribution in [0.3, 0.4) is 0 Å². The van der Waals surface area contributed by atoms with Gasteiger partial charge < -0.3 is 10.9 Å². The van der Waals surface area contributed by atoms with Crippen molar-refractivity contribution >= 4 is 12.1 Å². The lowest BCUT2D eigenvalue weighted by Crippen LogP contribution is -2.42. The fourth-order valence-corrected chi connectivity index (χ4v) is 1.67. The van der Waals surface area contributed by atoms with E-state index >= 15 is 0 Å². The Kier molecular flexibility index (Phi) is 4.47. The van der Waals surface area contributed by atoms with Gasteiger partial charge in [0, 0.05) is 24.3 Å². The molecule has 2 heterocycles. The van der Waals surface area contributed by atoms with E-state index in [1.807, 2.05) is 0 Å². The third kappa shape index (κ3) is 4.08. The molecule has 2 aromatic heterocycles. The normalized spacial score (nSPS) is 11.5. The van der Waals surface area contributed by atoms with E-state index in [1.54, 1.807) is 47.3 Å². The average molecular weight is 290 g/mol. The molecule has 21 heavy (non-hydrogen) atoms. The van der Waals surface area contributed by atoms with E-state index in [4.69, 9.17) is 17.0 Å². The average Bonchev–Trinajstić information content (AvgIpc) is 2.51. The second-order valence-corrected chi connectivity index (χ2v) is 4.18. The summed E-state index contributed by atoms with van der Waals surface area (Å²) >= 11 is 0. The lowest BCUT2D eigenvalue weighted by molar-refractivity contribution is -0.788. The standard InChI is InChI=1S/C14H14N4O3/c15-14(19)12-4-7-17(8-5-12)10-21-11-18-6-2-1-3-13(18)9-16-20/h1-9H,10-11H2,(H-,15,19)/p+2/i6T. The van der Waals surface area contributed by atoms with Crippen molar-refractivity contribution < 1.29 is 25.2 Å². The Hall–Kier alpha value is -2.80. The second-order valence-electron chi connectivity index (χ2n) is 4.18. The van der Waals surface area contributed by atoms with E-state index in [0.717, 1.165) is 0 Å². The van der Waals surface area contributed by atoms with Crippen LogP contribution in [0.5, 0.6) is 0 Å². The molecule has 0 fully saturated rings. The van der Waals surface area contributed by atoms with E-state index in [1.165, 1.54) is 10.8 Å². The van der Waals surface area contributed by atoms with E-state index in [2.05, 4.69) is 5.16 Å². The molecule has 0 radical (unpaired) electrons. The number of aromatic nitrogens is 2.